The van der Waals surface area contributed by atoms with Crippen molar-refractivity contribution in [3.8, 4) is 0 Å². The van der Waals surface area contributed by atoms with Gasteiger partial charge in [-0.15, -0.1) is 17.5 Å². The van der Waals surface area contributed by atoms with Crippen LogP contribution in [0.5, 0.6) is 0 Å². The Morgan fingerprint density at radius 2 is 2.04 bits per heavy atom. The van der Waals surface area contributed by atoms with E-state index in [2.05, 4.69) is 27.0 Å². The Bertz CT molecular complexity index is 722. The second-order valence-corrected chi connectivity index (χ2v) is 7.01. The van der Waals surface area contributed by atoms with E-state index in [1.54, 1.807) is 6.20 Å². The monoisotopic (exact) mass is 363 g/mol. The summed E-state index contributed by atoms with van der Waals surface area (Å²) in [5.41, 5.74) is 2.14. The molecule has 1 aromatic heterocycles. The van der Waals surface area contributed by atoms with Gasteiger partial charge in [-0.1, -0.05) is 35.0 Å². The van der Waals surface area contributed by atoms with Gasteiger partial charge in [-0.25, -0.2) is 4.68 Å². The smallest absolute Gasteiger partial charge is 0.274 e. The van der Waals surface area contributed by atoms with Gasteiger partial charge in [-0.3, -0.25) is 4.79 Å². The number of halogens is 1. The van der Waals surface area contributed by atoms with Crippen molar-refractivity contribution in [1.29, 1.82) is 0 Å². The van der Waals surface area contributed by atoms with Gasteiger partial charge in [0.2, 0.25) is 0 Å². The van der Waals surface area contributed by atoms with E-state index < -0.39 is 5.54 Å². The van der Waals surface area contributed by atoms with Crippen LogP contribution in [0.1, 0.15) is 54.3 Å². The van der Waals surface area contributed by atoms with Gasteiger partial charge < -0.3 is 10.6 Å². The average Bonchev–Trinajstić information content (AvgIpc) is 3.05. The molecule has 1 amide bonds. The highest BCUT2D eigenvalue weighted by molar-refractivity contribution is 5.92. The number of amides is 1. The molecule has 136 valence electrons. The van der Waals surface area contributed by atoms with E-state index in [0.717, 1.165) is 31.5 Å². The first-order valence-electron chi connectivity index (χ1n) is 8.48. The van der Waals surface area contributed by atoms with Crippen molar-refractivity contribution in [1.82, 2.24) is 25.6 Å². The zero-order chi connectivity index (χ0) is 17.2. The number of nitrogens with zero attached hydrogens (tertiary/aromatic N) is 3. The van der Waals surface area contributed by atoms with Gasteiger partial charge in [0.05, 0.1) is 17.8 Å². The number of piperidine rings is 1. The number of hydrogen-bond donors (Lipinski definition) is 2. The van der Waals surface area contributed by atoms with Crippen LogP contribution in [0.25, 0.3) is 0 Å². The molecule has 3 rings (SSSR count). The van der Waals surface area contributed by atoms with Gasteiger partial charge in [-0.2, -0.15) is 0 Å². The topological polar surface area (TPSA) is 71.8 Å². The average molecular weight is 364 g/mol. The minimum absolute atomic E-state index is 0. The summed E-state index contributed by atoms with van der Waals surface area (Å²) < 4.78 is 1.83. The molecule has 1 aromatic carbocycles. The molecular weight excluding hydrogens is 338 g/mol. The maximum atomic E-state index is 12.6. The summed E-state index contributed by atoms with van der Waals surface area (Å²) in [6.07, 6.45) is 3.79. The molecule has 0 spiro atoms. The minimum atomic E-state index is -0.471. The second-order valence-electron chi connectivity index (χ2n) is 7.01. The number of hydrogen-bond acceptors (Lipinski definition) is 4. The van der Waals surface area contributed by atoms with Gasteiger partial charge in [0.1, 0.15) is 0 Å². The summed E-state index contributed by atoms with van der Waals surface area (Å²) in [7, 11) is 0. The molecule has 25 heavy (non-hydrogen) atoms. The van der Waals surface area contributed by atoms with Crippen molar-refractivity contribution in [3.05, 3.63) is 47.3 Å². The van der Waals surface area contributed by atoms with Gasteiger partial charge >= 0.3 is 0 Å². The Kier molecular flexibility index (Phi) is 6.19. The molecule has 0 aliphatic carbocycles. The molecule has 1 fully saturated rings. The van der Waals surface area contributed by atoms with Crippen molar-refractivity contribution < 1.29 is 4.79 Å². The van der Waals surface area contributed by atoms with Crippen LogP contribution in [0.4, 0.5) is 0 Å². The molecule has 1 aliphatic heterocycles. The molecule has 0 unspecified atom stereocenters. The van der Waals surface area contributed by atoms with E-state index in [1.807, 2.05) is 43.7 Å². The van der Waals surface area contributed by atoms with Crippen molar-refractivity contribution in [3.63, 3.8) is 0 Å². The number of nitrogens with one attached hydrogen (secondary N) is 2. The molecule has 2 heterocycles. The maximum absolute atomic E-state index is 12.6. The Balaban J connectivity index is 0.00000225. The normalized spacial score (nSPS) is 15.5. The van der Waals surface area contributed by atoms with E-state index in [9.17, 15) is 4.79 Å². The summed E-state index contributed by atoms with van der Waals surface area (Å²) in [5.74, 6) is -0.193. The molecule has 0 bridgehead atoms. The van der Waals surface area contributed by atoms with Crippen LogP contribution in [-0.2, 0) is 5.54 Å². The lowest BCUT2D eigenvalue weighted by Gasteiger charge is -2.26. The lowest BCUT2D eigenvalue weighted by atomic mass is 9.93. The zero-order valence-electron chi connectivity index (χ0n) is 15.0. The molecule has 1 aliphatic rings. The van der Waals surface area contributed by atoms with Crippen molar-refractivity contribution in [2.75, 3.05) is 13.1 Å². The van der Waals surface area contributed by atoms with Gasteiger partial charge in [-0.05, 0) is 52.3 Å². The highest BCUT2D eigenvalue weighted by atomic mass is 35.5. The maximum Gasteiger partial charge on any atom is 0.274 e. The van der Waals surface area contributed by atoms with Crippen molar-refractivity contribution >= 4 is 18.3 Å². The van der Waals surface area contributed by atoms with Gasteiger partial charge in [0.25, 0.3) is 5.91 Å². The van der Waals surface area contributed by atoms with Crippen LogP contribution in [0, 0.1) is 6.92 Å². The standard InChI is InChI=1S/C18H25N5O.ClH/c1-13-5-4-6-14(11-13)18(2,3)20-17(24)16-12-23(22-21-16)15-7-9-19-10-8-15;/h4-6,11-12,15,19H,7-10H2,1-3H3,(H,20,24);1H. The van der Waals surface area contributed by atoms with Gasteiger partial charge in [0, 0.05) is 0 Å². The number of carbonyl (C=O) groups excluding carboxylic acids is 1. The molecule has 0 radical (unpaired) electrons. The Morgan fingerprint density at radius 1 is 1.32 bits per heavy atom. The van der Waals surface area contributed by atoms with Crippen LogP contribution in [0.15, 0.2) is 30.5 Å². The summed E-state index contributed by atoms with van der Waals surface area (Å²) >= 11 is 0. The highest BCUT2D eigenvalue weighted by Crippen LogP contribution is 2.22. The first-order valence-corrected chi connectivity index (χ1v) is 8.48. The molecule has 2 aromatic rings. The Labute approximate surface area is 154 Å². The SMILES string of the molecule is Cc1cccc(C(C)(C)NC(=O)c2cn(C3CCNCC3)nn2)c1.Cl. The van der Waals surface area contributed by atoms with E-state index >= 15 is 0 Å². The second kappa shape index (κ2) is 7.97. The van der Waals surface area contributed by atoms with E-state index in [1.165, 1.54) is 5.56 Å². The van der Waals surface area contributed by atoms with Gasteiger partial charge in [0.15, 0.2) is 5.69 Å². The Hall–Kier alpha value is -1.92. The fraction of sp³-hybridized carbons (Fsp3) is 0.500. The molecule has 6 nitrogen and oxygen atoms in total. The molecule has 7 heteroatoms. The molecule has 0 saturated carbocycles. The lowest BCUT2D eigenvalue weighted by molar-refractivity contribution is 0.0906. The molecular formula is C18H26ClN5O. The quantitative estimate of drug-likeness (QED) is 0.875. The third-order valence-electron chi connectivity index (χ3n) is 4.59. The first-order chi connectivity index (χ1) is 11.5. The first kappa shape index (κ1) is 19.4. The summed E-state index contributed by atoms with van der Waals surface area (Å²) in [6, 6.07) is 8.49. The number of carbonyl (C=O) groups is 1. The molecule has 1 saturated heterocycles. The number of rotatable bonds is 4. The lowest BCUT2D eigenvalue weighted by Crippen LogP contribution is -2.41. The van der Waals surface area contributed by atoms with Crippen LogP contribution in [0.2, 0.25) is 0 Å². The largest absolute Gasteiger partial charge is 0.342 e. The predicted octanol–water partition coefficient (Wildman–Crippen LogP) is 2.60. The fourth-order valence-electron chi connectivity index (χ4n) is 3.08. The predicted molar refractivity (Wildman–Crippen MR) is 100 cm³/mol. The van der Waals surface area contributed by atoms with Crippen LogP contribution >= 0.6 is 12.4 Å². The van der Waals surface area contributed by atoms with Crippen molar-refractivity contribution in [2.24, 2.45) is 0 Å². The van der Waals surface area contributed by atoms with E-state index in [4.69, 9.17) is 0 Å². The zero-order valence-corrected chi connectivity index (χ0v) is 15.8. The number of benzene rings is 1. The van der Waals surface area contributed by atoms with E-state index in [-0.39, 0.29) is 18.3 Å². The highest BCUT2D eigenvalue weighted by Gasteiger charge is 2.26. The third kappa shape index (κ3) is 4.58. The number of aromatic nitrogens is 3. The van der Waals surface area contributed by atoms with E-state index in [0.29, 0.717) is 11.7 Å². The molecule has 0 atom stereocenters. The van der Waals surface area contributed by atoms with Crippen molar-refractivity contribution in [2.45, 2.75) is 45.2 Å². The molecule has 2 N–H and O–H groups in total. The fourth-order valence-corrected chi connectivity index (χ4v) is 3.08. The van der Waals surface area contributed by atoms with Crippen LogP contribution in [-0.4, -0.2) is 34.0 Å². The minimum Gasteiger partial charge on any atom is -0.342 e. The summed E-state index contributed by atoms with van der Waals surface area (Å²) in [5, 5.41) is 14.6. The Morgan fingerprint density at radius 3 is 2.72 bits per heavy atom. The van der Waals surface area contributed by atoms with Crippen LogP contribution < -0.4 is 10.6 Å². The summed E-state index contributed by atoms with van der Waals surface area (Å²) in [4.78, 5) is 12.6. The number of aryl methyl sites for hydroxylation is 1. The van der Waals surface area contributed by atoms with Crippen LogP contribution in [0.3, 0.4) is 0 Å². The summed E-state index contributed by atoms with van der Waals surface area (Å²) in [6.45, 7) is 8.00. The third-order valence-corrected chi connectivity index (χ3v) is 4.59.